The minimum atomic E-state index is -0.977. The molecule has 0 aliphatic heterocycles. The number of anilines is 1. The molecule has 1 unspecified atom stereocenters. The van der Waals surface area contributed by atoms with Crippen molar-refractivity contribution in [3.05, 3.63) is 99.0 Å². The Kier molecular flexibility index (Phi) is 8.56. The Balaban J connectivity index is 1.58. The molecule has 3 aromatic rings. The van der Waals surface area contributed by atoms with E-state index >= 15 is 0 Å². The van der Waals surface area contributed by atoms with Crippen molar-refractivity contribution in [3.63, 3.8) is 0 Å². The van der Waals surface area contributed by atoms with Gasteiger partial charge in [-0.05, 0) is 49.4 Å². The fourth-order valence-corrected chi connectivity index (χ4v) is 3.38. The van der Waals surface area contributed by atoms with Crippen LogP contribution in [0.15, 0.2) is 77.3 Å². The van der Waals surface area contributed by atoms with Crippen LogP contribution in [-0.2, 0) is 14.3 Å². The van der Waals surface area contributed by atoms with E-state index in [9.17, 15) is 19.2 Å². The van der Waals surface area contributed by atoms with Gasteiger partial charge in [0.25, 0.3) is 11.8 Å². The first kappa shape index (κ1) is 25.1. The molecule has 7 nitrogen and oxygen atoms in total. The Labute approximate surface area is 209 Å². The number of carbonyl (C=O) groups is 4. The van der Waals surface area contributed by atoms with Gasteiger partial charge in [-0.1, -0.05) is 57.9 Å². The smallest absolute Gasteiger partial charge is 0.328 e. The molecule has 0 saturated heterocycles. The minimum absolute atomic E-state index is 0.202. The lowest BCUT2D eigenvalue weighted by atomic mass is 10.0. The minimum Gasteiger partial charge on any atom is -0.454 e. The Morgan fingerprint density at radius 2 is 1.62 bits per heavy atom. The average Bonchev–Trinajstić information content (AvgIpc) is 2.84. The van der Waals surface area contributed by atoms with E-state index in [1.807, 2.05) is 0 Å². The van der Waals surface area contributed by atoms with Crippen LogP contribution in [0.2, 0.25) is 5.02 Å². The second kappa shape index (κ2) is 11.6. The van der Waals surface area contributed by atoms with E-state index in [4.69, 9.17) is 16.3 Å². The van der Waals surface area contributed by atoms with Crippen molar-refractivity contribution in [2.24, 2.45) is 0 Å². The van der Waals surface area contributed by atoms with E-state index in [-0.39, 0.29) is 17.0 Å². The predicted octanol–water partition coefficient (Wildman–Crippen LogP) is 4.63. The van der Waals surface area contributed by atoms with Gasteiger partial charge in [0, 0.05) is 26.2 Å². The van der Waals surface area contributed by atoms with E-state index in [1.165, 1.54) is 25.1 Å². The van der Waals surface area contributed by atoms with Gasteiger partial charge in [-0.3, -0.25) is 14.4 Å². The molecule has 2 N–H and O–H groups in total. The highest BCUT2D eigenvalue weighted by molar-refractivity contribution is 9.10. The van der Waals surface area contributed by atoms with Crippen LogP contribution in [0.4, 0.5) is 5.69 Å². The van der Waals surface area contributed by atoms with Gasteiger partial charge in [-0.2, -0.15) is 0 Å². The molecule has 2 amide bonds. The zero-order valence-corrected chi connectivity index (χ0v) is 20.4. The highest BCUT2D eigenvalue weighted by Gasteiger charge is 2.20. The fraction of sp³-hybridized carbons (Fsp3) is 0.120. The molecular formula is C25H20BrClN2O5. The van der Waals surface area contributed by atoms with Crippen LogP contribution in [0.25, 0.3) is 0 Å². The van der Waals surface area contributed by atoms with Crippen LogP contribution in [0.5, 0.6) is 0 Å². The van der Waals surface area contributed by atoms with Gasteiger partial charge in [0.2, 0.25) is 0 Å². The summed E-state index contributed by atoms with van der Waals surface area (Å²) in [5.74, 6) is -2.20. The van der Waals surface area contributed by atoms with Crippen LogP contribution >= 0.6 is 27.5 Å². The zero-order chi connectivity index (χ0) is 24.7. The molecule has 0 fully saturated rings. The van der Waals surface area contributed by atoms with Crippen molar-refractivity contribution in [2.75, 3.05) is 11.9 Å². The molecule has 0 spiro atoms. The third kappa shape index (κ3) is 6.76. The molecule has 0 saturated carbocycles. The molecule has 0 aliphatic carbocycles. The number of benzene rings is 3. The van der Waals surface area contributed by atoms with Crippen LogP contribution < -0.4 is 10.6 Å². The number of hydrogen-bond donors (Lipinski definition) is 2. The first-order valence-corrected chi connectivity index (χ1v) is 11.3. The summed E-state index contributed by atoms with van der Waals surface area (Å²) in [7, 11) is 0. The Morgan fingerprint density at radius 1 is 0.941 bits per heavy atom. The molecule has 0 aliphatic rings. The van der Waals surface area contributed by atoms with Gasteiger partial charge in [-0.25, -0.2) is 4.79 Å². The molecule has 1 atom stereocenters. The molecule has 3 aromatic carbocycles. The second-order valence-electron chi connectivity index (χ2n) is 7.24. The van der Waals surface area contributed by atoms with Crippen LogP contribution in [0, 0.1) is 0 Å². The third-order valence-electron chi connectivity index (χ3n) is 4.69. The summed E-state index contributed by atoms with van der Waals surface area (Å²) in [5.41, 5.74) is 1.24. The first-order valence-electron chi connectivity index (χ1n) is 10.2. The summed E-state index contributed by atoms with van der Waals surface area (Å²) < 4.78 is 5.83. The summed E-state index contributed by atoms with van der Waals surface area (Å²) >= 11 is 9.33. The molecule has 0 radical (unpaired) electrons. The van der Waals surface area contributed by atoms with Crippen LogP contribution in [0.1, 0.15) is 33.2 Å². The number of ether oxygens (including phenoxy) is 1. The predicted molar refractivity (Wildman–Crippen MR) is 132 cm³/mol. The summed E-state index contributed by atoms with van der Waals surface area (Å²) in [4.78, 5) is 49.7. The summed E-state index contributed by atoms with van der Waals surface area (Å²) in [6.07, 6.45) is 0. The molecular weight excluding hydrogens is 524 g/mol. The maximum atomic E-state index is 12.9. The van der Waals surface area contributed by atoms with Gasteiger partial charge < -0.3 is 15.4 Å². The molecule has 174 valence electrons. The zero-order valence-electron chi connectivity index (χ0n) is 18.0. The Morgan fingerprint density at radius 3 is 2.29 bits per heavy atom. The number of amides is 2. The topological polar surface area (TPSA) is 102 Å². The lowest BCUT2D eigenvalue weighted by Crippen LogP contribution is -2.40. The number of carbonyl (C=O) groups excluding carboxylic acids is 4. The van der Waals surface area contributed by atoms with Gasteiger partial charge >= 0.3 is 5.97 Å². The highest BCUT2D eigenvalue weighted by atomic mass is 79.9. The van der Waals surface area contributed by atoms with E-state index < -0.39 is 30.4 Å². The number of hydrogen-bond acceptors (Lipinski definition) is 5. The third-order valence-corrected chi connectivity index (χ3v) is 5.45. The number of ketones is 1. The maximum Gasteiger partial charge on any atom is 0.328 e. The van der Waals surface area contributed by atoms with Crippen molar-refractivity contribution in [3.8, 4) is 0 Å². The van der Waals surface area contributed by atoms with E-state index in [2.05, 4.69) is 26.6 Å². The normalized spacial score (nSPS) is 11.3. The molecule has 0 heterocycles. The second-order valence-corrected chi connectivity index (χ2v) is 8.60. The van der Waals surface area contributed by atoms with Crippen LogP contribution in [0.3, 0.4) is 0 Å². The van der Waals surface area contributed by atoms with Crippen LogP contribution in [-0.4, -0.2) is 36.2 Å². The summed E-state index contributed by atoms with van der Waals surface area (Å²) in [6, 6.07) is 18.7. The van der Waals surface area contributed by atoms with E-state index in [1.54, 1.807) is 54.6 Å². The number of halogens is 2. The Bertz CT molecular complexity index is 1220. The maximum absolute atomic E-state index is 12.9. The molecule has 9 heteroatoms. The first-order chi connectivity index (χ1) is 16.2. The fourth-order valence-electron chi connectivity index (χ4n) is 2.95. The van der Waals surface area contributed by atoms with Gasteiger partial charge in [0.1, 0.15) is 6.04 Å². The van der Waals surface area contributed by atoms with Crippen molar-refractivity contribution in [1.82, 2.24) is 5.32 Å². The standard InChI is InChI=1S/C25H20BrClN2O5/c1-15(28-24(32)17-7-9-18(26)10-8-17)25(33)34-14-22(30)29-21-12-11-19(27)13-20(21)23(31)16-5-3-2-4-6-16/h2-13,15H,14H2,1H3,(H,28,32)(H,29,30). The van der Waals surface area contributed by atoms with Crippen molar-refractivity contribution in [1.29, 1.82) is 0 Å². The SMILES string of the molecule is CC(NC(=O)c1ccc(Br)cc1)C(=O)OCC(=O)Nc1ccc(Cl)cc1C(=O)c1ccccc1. The largest absolute Gasteiger partial charge is 0.454 e. The molecule has 0 bridgehead atoms. The lowest BCUT2D eigenvalue weighted by molar-refractivity contribution is -0.148. The number of nitrogens with one attached hydrogen (secondary N) is 2. The van der Waals surface area contributed by atoms with Crippen molar-refractivity contribution in [2.45, 2.75) is 13.0 Å². The van der Waals surface area contributed by atoms with Gasteiger partial charge in [0.15, 0.2) is 12.4 Å². The highest BCUT2D eigenvalue weighted by Crippen LogP contribution is 2.23. The molecule has 0 aromatic heterocycles. The summed E-state index contributed by atoms with van der Waals surface area (Å²) in [5, 5.41) is 5.42. The number of esters is 1. The van der Waals surface area contributed by atoms with Crippen molar-refractivity contribution >= 4 is 56.8 Å². The van der Waals surface area contributed by atoms with Gasteiger partial charge in [-0.15, -0.1) is 0 Å². The molecule has 34 heavy (non-hydrogen) atoms. The number of rotatable bonds is 8. The Hall–Kier alpha value is -3.49. The molecule has 3 rings (SSSR count). The lowest BCUT2D eigenvalue weighted by Gasteiger charge is -2.14. The van der Waals surface area contributed by atoms with Crippen molar-refractivity contribution < 1.29 is 23.9 Å². The summed E-state index contributed by atoms with van der Waals surface area (Å²) in [6.45, 7) is 0.853. The van der Waals surface area contributed by atoms with Gasteiger partial charge in [0.05, 0.1) is 5.69 Å². The monoisotopic (exact) mass is 542 g/mol. The quantitative estimate of drug-likeness (QED) is 0.319. The average molecular weight is 544 g/mol. The van der Waals surface area contributed by atoms with E-state index in [0.29, 0.717) is 16.1 Å². The van der Waals surface area contributed by atoms with E-state index in [0.717, 1.165) is 4.47 Å².